The van der Waals surface area contributed by atoms with Crippen LogP contribution in [0.5, 0.6) is 5.75 Å². The second-order valence-electron chi connectivity index (χ2n) is 4.72. The number of benzene rings is 1. The third-order valence-electron chi connectivity index (χ3n) is 1.88. The third kappa shape index (κ3) is 5.21. The standard InChI is InChI=1S/C12H18IO3P/c1-9(12(14)16-17(2,3)4)15-11-8-6-5-7-10(11)13/h5-9,17H,1-4H3/t9-/m1/s1. The number of carbonyl (C=O) groups excluding carboxylic acids is 1. The zero-order valence-corrected chi connectivity index (χ0v) is 13.6. The van der Waals surface area contributed by atoms with Gasteiger partial charge in [0.2, 0.25) is 0 Å². The average molecular weight is 368 g/mol. The summed E-state index contributed by atoms with van der Waals surface area (Å²) < 4.78 is 12.0. The predicted octanol–water partition coefficient (Wildman–Crippen LogP) is 3.16. The minimum absolute atomic E-state index is 0.288. The van der Waals surface area contributed by atoms with Gasteiger partial charge in [0, 0.05) is 0 Å². The summed E-state index contributed by atoms with van der Waals surface area (Å²) in [5.74, 6) is 0.428. The van der Waals surface area contributed by atoms with Crippen molar-refractivity contribution in [2.75, 3.05) is 20.0 Å². The second kappa shape index (κ2) is 6.01. The van der Waals surface area contributed by atoms with Gasteiger partial charge in [-0.1, -0.05) is 0 Å². The molecule has 5 heteroatoms. The number of halogens is 1. The summed E-state index contributed by atoms with van der Waals surface area (Å²) in [5, 5.41) is 0. The first-order valence-electron chi connectivity index (χ1n) is 5.43. The molecular weight excluding hydrogens is 350 g/mol. The molecule has 0 N–H and O–H groups in total. The van der Waals surface area contributed by atoms with Crippen molar-refractivity contribution in [3.8, 4) is 5.75 Å². The monoisotopic (exact) mass is 368 g/mol. The van der Waals surface area contributed by atoms with Crippen LogP contribution in [-0.4, -0.2) is 32.1 Å². The third-order valence-corrected chi connectivity index (χ3v) is 3.58. The Labute approximate surface area is 116 Å². The van der Waals surface area contributed by atoms with Crippen LogP contribution < -0.4 is 4.74 Å². The van der Waals surface area contributed by atoms with Crippen LogP contribution in [0.1, 0.15) is 6.92 Å². The van der Waals surface area contributed by atoms with Crippen LogP contribution in [0.4, 0.5) is 0 Å². The molecule has 0 spiro atoms. The summed E-state index contributed by atoms with van der Waals surface area (Å²) in [5.41, 5.74) is 0. The second-order valence-corrected chi connectivity index (χ2v) is 10.3. The van der Waals surface area contributed by atoms with Crippen LogP contribution >= 0.6 is 30.1 Å². The fraction of sp³-hybridized carbons (Fsp3) is 0.417. The first-order chi connectivity index (χ1) is 7.79. The minimum atomic E-state index is -1.85. The summed E-state index contributed by atoms with van der Waals surface area (Å²) in [6.45, 7) is 7.64. The number of carbonyl (C=O) groups is 1. The first-order valence-corrected chi connectivity index (χ1v) is 9.92. The van der Waals surface area contributed by atoms with Crippen molar-refractivity contribution in [1.29, 1.82) is 0 Å². The Hall–Kier alpha value is -0.350. The van der Waals surface area contributed by atoms with Crippen molar-refractivity contribution in [3.63, 3.8) is 0 Å². The first kappa shape index (κ1) is 14.7. The molecule has 0 radical (unpaired) electrons. The van der Waals surface area contributed by atoms with Gasteiger partial charge in [0.05, 0.1) is 0 Å². The molecule has 0 fully saturated rings. The van der Waals surface area contributed by atoms with Gasteiger partial charge in [-0.25, -0.2) is 0 Å². The molecule has 0 aromatic heterocycles. The van der Waals surface area contributed by atoms with Gasteiger partial charge in [-0.05, 0) is 0 Å². The van der Waals surface area contributed by atoms with Gasteiger partial charge in [0.15, 0.2) is 0 Å². The molecule has 3 nitrogen and oxygen atoms in total. The summed E-state index contributed by atoms with van der Waals surface area (Å²) in [6, 6.07) is 7.60. The summed E-state index contributed by atoms with van der Waals surface area (Å²) >= 11 is 2.18. The summed E-state index contributed by atoms with van der Waals surface area (Å²) in [4.78, 5) is 11.8. The summed E-state index contributed by atoms with van der Waals surface area (Å²) in [6.07, 6.45) is -0.572. The van der Waals surface area contributed by atoms with E-state index in [0.717, 1.165) is 3.57 Å². The maximum absolute atomic E-state index is 11.8. The fourth-order valence-electron chi connectivity index (χ4n) is 1.16. The van der Waals surface area contributed by atoms with Crippen LogP contribution in [-0.2, 0) is 9.32 Å². The van der Waals surface area contributed by atoms with Crippen molar-refractivity contribution in [1.82, 2.24) is 0 Å². The van der Waals surface area contributed by atoms with Gasteiger partial charge >= 0.3 is 117 Å². The fourth-order valence-corrected chi connectivity index (χ4v) is 2.45. The SMILES string of the molecule is C[C@@H](Oc1ccccc1I)C(=O)O[PH](C)(C)C. The van der Waals surface area contributed by atoms with Crippen LogP contribution in [0.25, 0.3) is 0 Å². The van der Waals surface area contributed by atoms with Gasteiger partial charge in [-0.2, -0.15) is 0 Å². The van der Waals surface area contributed by atoms with Gasteiger partial charge in [-0.3, -0.25) is 0 Å². The molecule has 0 heterocycles. The number of ether oxygens (including phenoxy) is 1. The van der Waals surface area contributed by atoms with Crippen molar-refractivity contribution < 1.29 is 14.1 Å². The molecule has 1 rings (SSSR count). The number of hydrogen-bond acceptors (Lipinski definition) is 3. The molecule has 1 aromatic carbocycles. The van der Waals surface area contributed by atoms with E-state index in [9.17, 15) is 4.79 Å². The van der Waals surface area contributed by atoms with Crippen molar-refractivity contribution in [2.45, 2.75) is 13.0 Å². The molecule has 1 atom stereocenters. The van der Waals surface area contributed by atoms with Crippen LogP contribution in [0.2, 0.25) is 0 Å². The quantitative estimate of drug-likeness (QED) is 0.605. The van der Waals surface area contributed by atoms with Gasteiger partial charge < -0.3 is 0 Å². The van der Waals surface area contributed by atoms with Crippen LogP contribution in [0, 0.1) is 3.57 Å². The predicted molar refractivity (Wildman–Crippen MR) is 81.4 cm³/mol. The van der Waals surface area contributed by atoms with Crippen molar-refractivity contribution in [2.24, 2.45) is 0 Å². The summed E-state index contributed by atoms with van der Waals surface area (Å²) in [7, 11) is -1.85. The average Bonchev–Trinajstić information content (AvgIpc) is 2.18. The molecule has 1 aromatic rings. The molecular formula is C12H18IO3P. The number of hydrogen-bond donors (Lipinski definition) is 0. The molecule has 0 saturated carbocycles. The Morgan fingerprint density at radius 2 is 1.88 bits per heavy atom. The van der Waals surface area contributed by atoms with E-state index in [1.165, 1.54) is 0 Å². The molecule has 0 unspecified atom stereocenters. The van der Waals surface area contributed by atoms with E-state index >= 15 is 0 Å². The van der Waals surface area contributed by atoms with E-state index in [1.807, 2.05) is 44.3 Å². The maximum atomic E-state index is 11.8. The Morgan fingerprint density at radius 3 is 2.41 bits per heavy atom. The topological polar surface area (TPSA) is 35.5 Å². The zero-order valence-electron chi connectivity index (χ0n) is 10.5. The van der Waals surface area contributed by atoms with Gasteiger partial charge in [-0.15, -0.1) is 0 Å². The molecule has 0 aliphatic rings. The Morgan fingerprint density at radius 1 is 1.29 bits per heavy atom. The molecule has 0 amide bonds. The molecule has 0 aliphatic heterocycles. The van der Waals surface area contributed by atoms with Crippen LogP contribution in [0.3, 0.4) is 0 Å². The normalized spacial score (nSPS) is 13.9. The molecule has 0 aliphatic carbocycles. The van der Waals surface area contributed by atoms with Gasteiger partial charge in [0.25, 0.3) is 0 Å². The van der Waals surface area contributed by atoms with E-state index in [4.69, 9.17) is 9.26 Å². The number of para-hydroxylation sites is 1. The molecule has 96 valence electrons. The van der Waals surface area contributed by atoms with Crippen molar-refractivity contribution >= 4 is 36.0 Å². The van der Waals surface area contributed by atoms with Crippen molar-refractivity contribution in [3.05, 3.63) is 27.8 Å². The van der Waals surface area contributed by atoms with E-state index in [1.54, 1.807) is 6.92 Å². The van der Waals surface area contributed by atoms with Crippen LogP contribution in [0.15, 0.2) is 24.3 Å². The Balaban J connectivity index is 2.64. The molecule has 0 saturated heterocycles. The Bertz CT molecular complexity index is 401. The zero-order chi connectivity index (χ0) is 13.1. The van der Waals surface area contributed by atoms with E-state index < -0.39 is 13.6 Å². The molecule has 0 bridgehead atoms. The molecule has 17 heavy (non-hydrogen) atoms. The Kier molecular flexibility index (Phi) is 5.20. The number of rotatable bonds is 4. The van der Waals surface area contributed by atoms with E-state index in [0.29, 0.717) is 5.75 Å². The van der Waals surface area contributed by atoms with E-state index in [-0.39, 0.29) is 5.97 Å². The van der Waals surface area contributed by atoms with E-state index in [2.05, 4.69) is 22.6 Å². The van der Waals surface area contributed by atoms with Gasteiger partial charge in [0.1, 0.15) is 0 Å².